The van der Waals surface area contributed by atoms with Crippen LogP contribution in [-0.2, 0) is 10.0 Å². The molecule has 0 aliphatic carbocycles. The Bertz CT molecular complexity index is 610. The van der Waals surface area contributed by atoms with E-state index in [-0.39, 0.29) is 22.4 Å². The Morgan fingerprint density at radius 2 is 2.25 bits per heavy atom. The van der Waals surface area contributed by atoms with E-state index >= 15 is 0 Å². The molecule has 1 atom stereocenters. The summed E-state index contributed by atoms with van der Waals surface area (Å²) >= 11 is 0. The van der Waals surface area contributed by atoms with E-state index in [2.05, 4.69) is 10.0 Å². The van der Waals surface area contributed by atoms with Gasteiger partial charge in [0, 0.05) is 18.7 Å². The van der Waals surface area contributed by atoms with Crippen molar-refractivity contribution in [2.24, 2.45) is 0 Å². The van der Waals surface area contributed by atoms with Crippen LogP contribution in [0.1, 0.15) is 6.42 Å². The van der Waals surface area contributed by atoms with Crippen molar-refractivity contribution >= 4 is 15.7 Å². The van der Waals surface area contributed by atoms with Gasteiger partial charge in [0.1, 0.15) is 10.6 Å². The minimum Gasteiger partial charge on any atom is -0.495 e. The molecule has 8 nitrogen and oxygen atoms in total. The summed E-state index contributed by atoms with van der Waals surface area (Å²) in [6.07, 6.45) is 0.703. The minimum atomic E-state index is -3.77. The maximum atomic E-state index is 12.3. The van der Waals surface area contributed by atoms with E-state index in [4.69, 9.17) is 4.74 Å². The molecule has 0 saturated carbocycles. The molecule has 0 bridgehead atoms. The van der Waals surface area contributed by atoms with E-state index in [9.17, 15) is 18.5 Å². The molecule has 1 aromatic carbocycles. The Labute approximate surface area is 116 Å². The monoisotopic (exact) mass is 301 g/mol. The molecule has 0 aromatic heterocycles. The zero-order valence-corrected chi connectivity index (χ0v) is 11.6. The third-order valence-electron chi connectivity index (χ3n) is 3.03. The van der Waals surface area contributed by atoms with Gasteiger partial charge in [0.15, 0.2) is 0 Å². The Kier molecular flexibility index (Phi) is 4.21. The van der Waals surface area contributed by atoms with Crippen LogP contribution in [-0.4, -0.2) is 39.6 Å². The molecule has 1 heterocycles. The molecule has 2 N–H and O–H groups in total. The predicted octanol–water partition coefficient (Wildman–Crippen LogP) is 0.244. The largest absolute Gasteiger partial charge is 0.495 e. The Morgan fingerprint density at radius 3 is 2.80 bits per heavy atom. The van der Waals surface area contributed by atoms with Crippen LogP contribution in [0.2, 0.25) is 0 Å². The van der Waals surface area contributed by atoms with Gasteiger partial charge in [-0.3, -0.25) is 10.1 Å². The highest BCUT2D eigenvalue weighted by atomic mass is 32.2. The highest BCUT2D eigenvalue weighted by Gasteiger charge is 2.26. The number of nitrogens with zero attached hydrogens (tertiary/aromatic N) is 1. The van der Waals surface area contributed by atoms with E-state index in [0.29, 0.717) is 13.0 Å². The van der Waals surface area contributed by atoms with Crippen molar-refractivity contribution < 1.29 is 18.1 Å². The second kappa shape index (κ2) is 5.73. The predicted molar refractivity (Wildman–Crippen MR) is 71.2 cm³/mol. The van der Waals surface area contributed by atoms with Gasteiger partial charge < -0.3 is 10.1 Å². The van der Waals surface area contributed by atoms with Gasteiger partial charge in [-0.05, 0) is 19.0 Å². The molecule has 9 heteroatoms. The fraction of sp³-hybridized carbons (Fsp3) is 0.455. The summed E-state index contributed by atoms with van der Waals surface area (Å²) in [6.45, 7) is 1.32. The molecule has 1 unspecified atom stereocenters. The van der Waals surface area contributed by atoms with Gasteiger partial charge in [0.2, 0.25) is 10.0 Å². The number of hydrogen-bond donors (Lipinski definition) is 2. The van der Waals surface area contributed by atoms with Crippen LogP contribution in [0.25, 0.3) is 0 Å². The fourth-order valence-corrected chi connectivity index (χ4v) is 3.45. The van der Waals surface area contributed by atoms with Gasteiger partial charge in [-0.2, -0.15) is 0 Å². The lowest BCUT2D eigenvalue weighted by atomic mass is 10.3. The van der Waals surface area contributed by atoms with Crippen molar-refractivity contribution in [3.05, 3.63) is 28.3 Å². The standard InChI is InChI=1S/C11H15N3O5S/c1-19-10-6-9(14(15)16)2-3-11(10)20(17,18)13-8-4-5-12-7-8/h2-3,6,8,12-13H,4-5,7H2,1H3. The van der Waals surface area contributed by atoms with Crippen LogP contribution in [0.15, 0.2) is 23.1 Å². The van der Waals surface area contributed by atoms with E-state index in [0.717, 1.165) is 18.7 Å². The second-order valence-corrected chi connectivity index (χ2v) is 6.09. The van der Waals surface area contributed by atoms with Crippen molar-refractivity contribution in [1.82, 2.24) is 10.0 Å². The molecule has 1 aromatic rings. The number of sulfonamides is 1. The lowest BCUT2D eigenvalue weighted by Crippen LogP contribution is -2.36. The first-order chi connectivity index (χ1) is 9.44. The Morgan fingerprint density at radius 1 is 1.50 bits per heavy atom. The van der Waals surface area contributed by atoms with Crippen LogP contribution in [0.3, 0.4) is 0 Å². The molecule has 0 spiro atoms. The summed E-state index contributed by atoms with van der Waals surface area (Å²) < 4.78 is 32.0. The molecule has 0 amide bonds. The zero-order valence-electron chi connectivity index (χ0n) is 10.8. The van der Waals surface area contributed by atoms with Gasteiger partial charge in [0.25, 0.3) is 5.69 Å². The lowest BCUT2D eigenvalue weighted by molar-refractivity contribution is -0.385. The van der Waals surface area contributed by atoms with Crippen LogP contribution in [0, 0.1) is 10.1 Å². The smallest absolute Gasteiger partial charge is 0.273 e. The first kappa shape index (κ1) is 14.7. The first-order valence-corrected chi connectivity index (χ1v) is 7.48. The molecular formula is C11H15N3O5S. The van der Waals surface area contributed by atoms with Crippen molar-refractivity contribution in [2.75, 3.05) is 20.2 Å². The molecule has 1 aliphatic rings. The summed E-state index contributed by atoms with van der Waals surface area (Å²) in [5.74, 6) is -0.0438. The molecule has 110 valence electrons. The number of non-ortho nitro benzene ring substituents is 1. The Hall–Kier alpha value is -1.71. The van der Waals surface area contributed by atoms with Gasteiger partial charge in [-0.25, -0.2) is 13.1 Å². The minimum absolute atomic E-state index is 0.0438. The summed E-state index contributed by atoms with van der Waals surface area (Å²) in [5, 5.41) is 13.7. The average molecular weight is 301 g/mol. The number of nitrogens with one attached hydrogen (secondary N) is 2. The van der Waals surface area contributed by atoms with E-state index in [1.165, 1.54) is 13.2 Å². The number of benzene rings is 1. The van der Waals surface area contributed by atoms with Crippen molar-refractivity contribution in [1.29, 1.82) is 0 Å². The summed E-state index contributed by atoms with van der Waals surface area (Å²) in [5.41, 5.74) is -0.219. The normalized spacial score (nSPS) is 18.9. The molecule has 1 saturated heterocycles. The number of nitro groups is 1. The van der Waals surface area contributed by atoms with Gasteiger partial charge in [0.05, 0.1) is 18.1 Å². The number of hydrogen-bond acceptors (Lipinski definition) is 6. The van der Waals surface area contributed by atoms with Crippen molar-refractivity contribution in [3.8, 4) is 5.75 Å². The van der Waals surface area contributed by atoms with Crippen molar-refractivity contribution in [3.63, 3.8) is 0 Å². The van der Waals surface area contributed by atoms with E-state index in [1.807, 2.05) is 0 Å². The van der Waals surface area contributed by atoms with Gasteiger partial charge in [-0.15, -0.1) is 0 Å². The SMILES string of the molecule is COc1cc([N+](=O)[O-])ccc1S(=O)(=O)NC1CCNC1. The average Bonchev–Trinajstić information content (AvgIpc) is 2.89. The van der Waals surface area contributed by atoms with Crippen LogP contribution in [0.4, 0.5) is 5.69 Å². The summed E-state index contributed by atoms with van der Waals surface area (Å²) in [6, 6.07) is 3.24. The molecule has 0 radical (unpaired) electrons. The van der Waals surface area contributed by atoms with E-state index in [1.54, 1.807) is 0 Å². The maximum Gasteiger partial charge on any atom is 0.273 e. The molecular weight excluding hydrogens is 286 g/mol. The third-order valence-corrected chi connectivity index (χ3v) is 4.59. The molecule has 1 fully saturated rings. The number of ether oxygens (including phenoxy) is 1. The number of rotatable bonds is 5. The summed E-state index contributed by atoms with van der Waals surface area (Å²) in [7, 11) is -2.49. The van der Waals surface area contributed by atoms with Gasteiger partial charge >= 0.3 is 0 Å². The van der Waals surface area contributed by atoms with Crippen LogP contribution < -0.4 is 14.8 Å². The van der Waals surface area contributed by atoms with Crippen molar-refractivity contribution in [2.45, 2.75) is 17.4 Å². The Balaban J connectivity index is 2.32. The number of nitro benzene ring substituents is 1. The first-order valence-electron chi connectivity index (χ1n) is 5.99. The zero-order chi connectivity index (χ0) is 14.8. The van der Waals surface area contributed by atoms with Gasteiger partial charge in [-0.1, -0.05) is 0 Å². The quantitative estimate of drug-likeness (QED) is 0.595. The highest BCUT2D eigenvalue weighted by Crippen LogP contribution is 2.28. The molecule has 20 heavy (non-hydrogen) atoms. The van der Waals surface area contributed by atoms with Crippen LogP contribution in [0.5, 0.6) is 5.75 Å². The fourth-order valence-electron chi connectivity index (χ4n) is 2.03. The van der Waals surface area contributed by atoms with E-state index < -0.39 is 14.9 Å². The maximum absolute atomic E-state index is 12.3. The summed E-state index contributed by atoms with van der Waals surface area (Å²) in [4.78, 5) is 9.98. The lowest BCUT2D eigenvalue weighted by Gasteiger charge is -2.14. The molecule has 2 rings (SSSR count). The second-order valence-electron chi connectivity index (χ2n) is 4.40. The highest BCUT2D eigenvalue weighted by molar-refractivity contribution is 7.89. The number of methoxy groups -OCH3 is 1. The third kappa shape index (κ3) is 3.06. The molecule has 1 aliphatic heterocycles. The topological polar surface area (TPSA) is 111 Å². The van der Waals surface area contributed by atoms with Crippen LogP contribution >= 0.6 is 0 Å².